The van der Waals surface area contributed by atoms with Crippen molar-refractivity contribution in [2.45, 2.75) is 18.4 Å². The molecular weight excluding hydrogens is 235 g/mol. The number of benzene rings is 1. The largest absolute Gasteiger partial charge is 0.456 e. The van der Waals surface area contributed by atoms with Gasteiger partial charge in [0.05, 0.1) is 13.0 Å². The molecule has 0 amide bonds. The van der Waals surface area contributed by atoms with Gasteiger partial charge in [-0.15, -0.1) is 0 Å². The number of halogens is 3. The number of carbonyl (C=O) groups excluding carboxylic acids is 1. The number of hydrogen-bond donors (Lipinski definition) is 1. The molecule has 1 N–H and O–H groups in total. The number of carbonyl (C=O) groups is 1. The van der Waals surface area contributed by atoms with Crippen LogP contribution >= 0.6 is 0 Å². The first-order valence-corrected chi connectivity index (χ1v) is 5.06. The Morgan fingerprint density at radius 1 is 1.47 bits per heavy atom. The van der Waals surface area contributed by atoms with Gasteiger partial charge >= 0.3 is 11.9 Å². The zero-order chi connectivity index (χ0) is 12.5. The van der Waals surface area contributed by atoms with Crippen LogP contribution in [-0.4, -0.2) is 24.5 Å². The second-order valence-electron chi connectivity index (χ2n) is 3.83. The lowest BCUT2D eigenvalue weighted by atomic mass is 10.2. The van der Waals surface area contributed by atoms with Crippen LogP contribution in [0.3, 0.4) is 0 Å². The van der Waals surface area contributed by atoms with E-state index in [-0.39, 0.29) is 6.54 Å². The molecule has 3 nitrogen and oxygen atoms in total. The molecule has 1 aromatic carbocycles. The highest BCUT2D eigenvalue weighted by Crippen LogP contribution is 2.30. The van der Waals surface area contributed by atoms with Crippen molar-refractivity contribution in [3.05, 3.63) is 30.1 Å². The van der Waals surface area contributed by atoms with Crippen molar-refractivity contribution in [1.29, 1.82) is 0 Å². The maximum Gasteiger partial charge on any atom is 0.377 e. The number of nitrogens with one attached hydrogen (secondary N) is 1. The maximum atomic E-state index is 12.8. The summed E-state index contributed by atoms with van der Waals surface area (Å²) in [7, 11) is 0. The molecule has 0 aromatic heterocycles. The lowest BCUT2D eigenvalue weighted by Gasteiger charge is -2.10. The molecule has 92 valence electrons. The standard InChI is InChI=1S/C11H10F3NO2/c12-7-2-1-3-8(4-7)15-6-9-5-11(13,14)10(16)17-9/h1-4,9,15H,5-6H2. The average molecular weight is 245 g/mol. The Labute approximate surface area is 95.6 Å². The molecule has 0 bridgehead atoms. The first-order valence-electron chi connectivity index (χ1n) is 5.06. The number of esters is 1. The molecule has 1 aromatic rings. The van der Waals surface area contributed by atoms with Crippen molar-refractivity contribution in [3.63, 3.8) is 0 Å². The van der Waals surface area contributed by atoms with Gasteiger partial charge in [0.25, 0.3) is 0 Å². The summed E-state index contributed by atoms with van der Waals surface area (Å²) in [5.74, 6) is -5.33. The maximum absolute atomic E-state index is 12.8. The highest BCUT2D eigenvalue weighted by molar-refractivity contribution is 5.79. The van der Waals surface area contributed by atoms with E-state index in [1.54, 1.807) is 6.07 Å². The highest BCUT2D eigenvalue weighted by atomic mass is 19.3. The van der Waals surface area contributed by atoms with E-state index >= 15 is 0 Å². The number of anilines is 1. The molecule has 1 atom stereocenters. The summed E-state index contributed by atoms with van der Waals surface area (Å²) in [4.78, 5) is 10.7. The van der Waals surface area contributed by atoms with Crippen LogP contribution in [0.4, 0.5) is 18.9 Å². The number of ether oxygens (including phenoxy) is 1. The van der Waals surface area contributed by atoms with Crippen molar-refractivity contribution in [1.82, 2.24) is 0 Å². The summed E-state index contributed by atoms with van der Waals surface area (Å²) in [6, 6.07) is 5.59. The molecule has 1 unspecified atom stereocenters. The van der Waals surface area contributed by atoms with Crippen molar-refractivity contribution < 1.29 is 22.7 Å². The van der Waals surface area contributed by atoms with Crippen molar-refractivity contribution in [3.8, 4) is 0 Å². The second kappa shape index (κ2) is 4.27. The van der Waals surface area contributed by atoms with Gasteiger partial charge in [0.15, 0.2) is 0 Å². The Bertz CT molecular complexity index is 436. The molecule has 2 rings (SSSR count). The Morgan fingerprint density at radius 2 is 2.24 bits per heavy atom. The van der Waals surface area contributed by atoms with E-state index in [1.807, 2.05) is 0 Å². The lowest BCUT2D eigenvalue weighted by Crippen LogP contribution is -2.22. The van der Waals surface area contributed by atoms with Gasteiger partial charge in [-0.25, -0.2) is 9.18 Å². The van der Waals surface area contributed by atoms with Gasteiger partial charge in [-0.2, -0.15) is 8.78 Å². The molecule has 1 fully saturated rings. The zero-order valence-corrected chi connectivity index (χ0v) is 8.75. The van der Waals surface area contributed by atoms with E-state index in [2.05, 4.69) is 10.1 Å². The number of cyclic esters (lactones) is 1. The van der Waals surface area contributed by atoms with Gasteiger partial charge in [0.1, 0.15) is 11.9 Å². The van der Waals surface area contributed by atoms with Crippen LogP contribution in [0.2, 0.25) is 0 Å². The van der Waals surface area contributed by atoms with Crippen LogP contribution in [0, 0.1) is 5.82 Å². The molecule has 6 heteroatoms. The van der Waals surface area contributed by atoms with E-state index in [4.69, 9.17) is 0 Å². The molecule has 0 radical (unpaired) electrons. The van der Waals surface area contributed by atoms with E-state index < -0.39 is 30.2 Å². The Kier molecular flexibility index (Phi) is 2.95. The van der Waals surface area contributed by atoms with Crippen LogP contribution in [0.5, 0.6) is 0 Å². The SMILES string of the molecule is O=C1OC(CNc2cccc(F)c2)CC1(F)F. The van der Waals surface area contributed by atoms with Crippen LogP contribution < -0.4 is 5.32 Å². The minimum Gasteiger partial charge on any atom is -0.456 e. The smallest absolute Gasteiger partial charge is 0.377 e. The van der Waals surface area contributed by atoms with Crippen LogP contribution in [-0.2, 0) is 9.53 Å². The number of alkyl halides is 2. The normalized spacial score (nSPS) is 22.3. The zero-order valence-electron chi connectivity index (χ0n) is 8.75. The van der Waals surface area contributed by atoms with Gasteiger partial charge in [0, 0.05) is 5.69 Å². The third kappa shape index (κ3) is 2.69. The topological polar surface area (TPSA) is 38.3 Å². The lowest BCUT2D eigenvalue weighted by molar-refractivity contribution is -0.158. The summed E-state index contributed by atoms with van der Waals surface area (Å²) in [6.45, 7) is 0.0325. The quantitative estimate of drug-likeness (QED) is 0.829. The predicted molar refractivity (Wildman–Crippen MR) is 54.3 cm³/mol. The predicted octanol–water partition coefficient (Wildman–Crippen LogP) is 2.19. The number of hydrogen-bond acceptors (Lipinski definition) is 3. The first-order chi connectivity index (χ1) is 7.97. The van der Waals surface area contributed by atoms with E-state index in [9.17, 15) is 18.0 Å². The Hall–Kier alpha value is -1.72. The summed E-state index contributed by atoms with van der Waals surface area (Å²) in [6.07, 6.45) is -1.53. The highest BCUT2D eigenvalue weighted by Gasteiger charge is 2.50. The minimum absolute atomic E-state index is 0.0325. The first kappa shape index (κ1) is 11.8. The average Bonchev–Trinajstić information content (AvgIpc) is 2.50. The summed E-state index contributed by atoms with van der Waals surface area (Å²) < 4.78 is 42.9. The Morgan fingerprint density at radius 3 is 2.82 bits per heavy atom. The molecular formula is C11H10F3NO2. The minimum atomic E-state index is -3.41. The van der Waals surface area contributed by atoms with Crippen molar-refractivity contribution in [2.75, 3.05) is 11.9 Å². The third-order valence-electron chi connectivity index (χ3n) is 2.41. The van der Waals surface area contributed by atoms with Crippen molar-refractivity contribution in [2.24, 2.45) is 0 Å². The summed E-state index contributed by atoms with van der Waals surface area (Å²) >= 11 is 0. The van der Waals surface area contributed by atoms with Crippen LogP contribution in [0.25, 0.3) is 0 Å². The Balaban J connectivity index is 1.90. The molecule has 1 aliphatic heterocycles. The van der Waals surface area contributed by atoms with Gasteiger partial charge in [-0.05, 0) is 18.2 Å². The molecule has 1 heterocycles. The molecule has 0 spiro atoms. The van der Waals surface area contributed by atoms with Gasteiger partial charge < -0.3 is 10.1 Å². The van der Waals surface area contributed by atoms with E-state index in [1.165, 1.54) is 18.2 Å². The van der Waals surface area contributed by atoms with Crippen LogP contribution in [0.1, 0.15) is 6.42 Å². The molecule has 17 heavy (non-hydrogen) atoms. The fraction of sp³-hybridized carbons (Fsp3) is 0.364. The molecule has 1 aliphatic rings. The van der Waals surface area contributed by atoms with E-state index in [0.29, 0.717) is 5.69 Å². The fourth-order valence-electron chi connectivity index (χ4n) is 1.59. The molecule has 0 saturated carbocycles. The summed E-state index contributed by atoms with van der Waals surface area (Å²) in [5.41, 5.74) is 0.455. The van der Waals surface area contributed by atoms with Crippen molar-refractivity contribution >= 4 is 11.7 Å². The second-order valence-corrected chi connectivity index (χ2v) is 3.83. The van der Waals surface area contributed by atoms with Gasteiger partial charge in [-0.3, -0.25) is 0 Å². The monoisotopic (exact) mass is 245 g/mol. The molecule has 0 aliphatic carbocycles. The molecule has 1 saturated heterocycles. The number of rotatable bonds is 3. The van der Waals surface area contributed by atoms with E-state index in [0.717, 1.165) is 0 Å². The van der Waals surface area contributed by atoms with Crippen LogP contribution in [0.15, 0.2) is 24.3 Å². The fourth-order valence-corrected chi connectivity index (χ4v) is 1.59. The van der Waals surface area contributed by atoms with Gasteiger partial charge in [0.2, 0.25) is 0 Å². The van der Waals surface area contributed by atoms with Gasteiger partial charge in [-0.1, -0.05) is 6.07 Å². The summed E-state index contributed by atoms with van der Waals surface area (Å²) in [5, 5.41) is 2.74. The third-order valence-corrected chi connectivity index (χ3v) is 2.41.